The molecule has 1 aromatic rings. The second-order valence-electron chi connectivity index (χ2n) is 2.61. The van der Waals surface area contributed by atoms with Gasteiger partial charge in [-0.25, -0.2) is 0 Å². The van der Waals surface area contributed by atoms with Crippen LogP contribution in [0.3, 0.4) is 0 Å². The van der Waals surface area contributed by atoms with E-state index in [-0.39, 0.29) is 12.4 Å². The molecule has 17 heavy (non-hydrogen) atoms. The largest absolute Gasteiger partial charge is 0.574 e. The van der Waals surface area contributed by atoms with Crippen molar-refractivity contribution in [1.29, 1.82) is 0 Å². The Balaban J connectivity index is 3.29. The fourth-order valence-corrected chi connectivity index (χ4v) is 0.921. The summed E-state index contributed by atoms with van der Waals surface area (Å²) in [4.78, 5) is 22.1. The average Bonchev–Trinajstić information content (AvgIpc) is 2.13. The number of hydrogen-bond acceptors (Lipinski definition) is 5. The summed E-state index contributed by atoms with van der Waals surface area (Å²) in [6.45, 7) is 0. The SMILES string of the molecule is O=Cc1c([N+](=O)[O-])cc(OC(F)(F)F)nc1F. The Bertz CT molecular complexity index is 474. The van der Waals surface area contributed by atoms with E-state index in [4.69, 9.17) is 0 Å². The molecular weight excluding hydrogens is 252 g/mol. The Kier molecular flexibility index (Phi) is 3.25. The lowest BCUT2D eigenvalue weighted by molar-refractivity contribution is -0.385. The molecule has 1 heterocycles. The zero-order chi connectivity index (χ0) is 13.2. The fourth-order valence-electron chi connectivity index (χ4n) is 0.921. The number of carbonyl (C=O) groups is 1. The first kappa shape index (κ1) is 12.8. The minimum absolute atomic E-state index is 0.209. The number of aromatic nitrogens is 1. The van der Waals surface area contributed by atoms with Crippen LogP contribution in [0.1, 0.15) is 10.4 Å². The summed E-state index contributed by atoms with van der Waals surface area (Å²) in [5, 5.41) is 10.4. The molecule has 10 heteroatoms. The fraction of sp³-hybridized carbons (Fsp3) is 0.143. The number of hydrogen-bond donors (Lipinski definition) is 0. The van der Waals surface area contributed by atoms with E-state index >= 15 is 0 Å². The van der Waals surface area contributed by atoms with Crippen molar-refractivity contribution in [3.63, 3.8) is 0 Å². The van der Waals surface area contributed by atoms with Crippen LogP contribution in [0.4, 0.5) is 23.2 Å². The van der Waals surface area contributed by atoms with Crippen molar-refractivity contribution >= 4 is 12.0 Å². The quantitative estimate of drug-likeness (QED) is 0.270. The Labute approximate surface area is 90.0 Å². The molecule has 0 aromatic carbocycles. The van der Waals surface area contributed by atoms with Gasteiger partial charge in [-0.1, -0.05) is 0 Å². The highest BCUT2D eigenvalue weighted by Gasteiger charge is 2.33. The number of ether oxygens (including phenoxy) is 1. The van der Waals surface area contributed by atoms with Gasteiger partial charge in [-0.05, 0) is 0 Å². The van der Waals surface area contributed by atoms with Gasteiger partial charge in [0.25, 0.3) is 5.69 Å². The van der Waals surface area contributed by atoms with Crippen LogP contribution in [0, 0.1) is 16.1 Å². The number of pyridine rings is 1. The van der Waals surface area contributed by atoms with Gasteiger partial charge < -0.3 is 4.74 Å². The van der Waals surface area contributed by atoms with Crippen LogP contribution in [0.15, 0.2) is 6.07 Å². The maximum absolute atomic E-state index is 13.0. The summed E-state index contributed by atoms with van der Waals surface area (Å²) in [6.07, 6.45) is -5.40. The van der Waals surface area contributed by atoms with Crippen LogP contribution in [-0.4, -0.2) is 22.6 Å². The molecule has 0 aliphatic heterocycles. The smallest absolute Gasteiger partial charge is 0.388 e. The van der Waals surface area contributed by atoms with Crippen LogP contribution >= 0.6 is 0 Å². The molecule has 0 N–H and O–H groups in total. The number of aldehydes is 1. The Morgan fingerprint density at radius 3 is 2.47 bits per heavy atom. The van der Waals surface area contributed by atoms with Crippen molar-refractivity contribution in [2.24, 2.45) is 0 Å². The minimum atomic E-state index is -5.17. The number of rotatable bonds is 3. The highest BCUT2D eigenvalue weighted by atomic mass is 19.4. The van der Waals surface area contributed by atoms with Gasteiger partial charge in [0.15, 0.2) is 6.29 Å². The maximum atomic E-state index is 13.0. The van der Waals surface area contributed by atoms with Gasteiger partial charge in [-0.2, -0.15) is 9.37 Å². The molecule has 0 amide bonds. The Morgan fingerprint density at radius 2 is 2.06 bits per heavy atom. The molecule has 1 aromatic heterocycles. The number of nitrogens with zero attached hydrogens (tertiary/aromatic N) is 2. The topological polar surface area (TPSA) is 82.3 Å². The van der Waals surface area contributed by atoms with Crippen LogP contribution in [-0.2, 0) is 0 Å². The molecule has 0 unspecified atom stereocenters. The maximum Gasteiger partial charge on any atom is 0.574 e. The molecular formula is C7H2F4N2O4. The van der Waals surface area contributed by atoms with E-state index in [1.165, 1.54) is 0 Å². The van der Waals surface area contributed by atoms with Crippen molar-refractivity contribution < 1.29 is 32.0 Å². The summed E-state index contributed by atoms with van der Waals surface area (Å²) >= 11 is 0. The number of nitro groups is 1. The van der Waals surface area contributed by atoms with E-state index in [0.29, 0.717) is 0 Å². The normalized spacial score (nSPS) is 11.1. The van der Waals surface area contributed by atoms with Gasteiger partial charge in [0.2, 0.25) is 11.8 Å². The second kappa shape index (κ2) is 4.31. The first-order valence-electron chi connectivity index (χ1n) is 3.80. The van der Waals surface area contributed by atoms with Crippen molar-refractivity contribution in [3.05, 3.63) is 27.7 Å². The third kappa shape index (κ3) is 3.09. The molecule has 0 aliphatic rings. The summed E-state index contributed by atoms with van der Waals surface area (Å²) in [6, 6.07) is 0.209. The molecule has 0 bridgehead atoms. The van der Waals surface area contributed by atoms with E-state index in [9.17, 15) is 32.5 Å². The van der Waals surface area contributed by atoms with Gasteiger partial charge in [-0.3, -0.25) is 14.9 Å². The lowest BCUT2D eigenvalue weighted by Gasteiger charge is -2.07. The van der Waals surface area contributed by atoms with Gasteiger partial charge in [0.05, 0.1) is 11.0 Å². The van der Waals surface area contributed by atoms with E-state index in [0.717, 1.165) is 0 Å². The van der Waals surface area contributed by atoms with Crippen molar-refractivity contribution in [3.8, 4) is 5.88 Å². The summed E-state index contributed by atoms with van der Waals surface area (Å²) < 4.78 is 51.4. The van der Waals surface area contributed by atoms with Gasteiger partial charge in [0, 0.05) is 0 Å². The number of alkyl halides is 3. The highest BCUT2D eigenvalue weighted by molar-refractivity contribution is 5.81. The second-order valence-corrected chi connectivity index (χ2v) is 2.61. The van der Waals surface area contributed by atoms with E-state index in [1.807, 2.05) is 0 Å². The molecule has 0 saturated carbocycles. The minimum Gasteiger partial charge on any atom is -0.388 e. The average molecular weight is 254 g/mol. The van der Waals surface area contributed by atoms with E-state index in [2.05, 4.69) is 9.72 Å². The third-order valence-electron chi connectivity index (χ3n) is 1.50. The summed E-state index contributed by atoms with van der Waals surface area (Å²) in [5.41, 5.74) is -2.21. The van der Waals surface area contributed by atoms with Crippen LogP contribution in [0.5, 0.6) is 5.88 Å². The van der Waals surface area contributed by atoms with Crippen LogP contribution < -0.4 is 4.74 Å². The predicted molar refractivity (Wildman–Crippen MR) is 42.9 cm³/mol. The van der Waals surface area contributed by atoms with E-state index in [1.54, 1.807) is 0 Å². The molecule has 0 fully saturated rings. The van der Waals surface area contributed by atoms with Crippen molar-refractivity contribution in [2.75, 3.05) is 0 Å². The molecule has 0 atom stereocenters. The monoisotopic (exact) mass is 254 g/mol. The summed E-state index contributed by atoms with van der Waals surface area (Å²) in [5.74, 6) is -3.07. The zero-order valence-corrected chi connectivity index (χ0v) is 7.69. The lowest BCUT2D eigenvalue weighted by Crippen LogP contribution is -2.18. The molecule has 0 saturated heterocycles. The van der Waals surface area contributed by atoms with Gasteiger partial charge in [-0.15, -0.1) is 13.2 Å². The van der Waals surface area contributed by atoms with Gasteiger partial charge in [0.1, 0.15) is 5.56 Å². The predicted octanol–water partition coefficient (Wildman–Crippen LogP) is 1.84. The van der Waals surface area contributed by atoms with Crippen molar-refractivity contribution in [2.45, 2.75) is 6.36 Å². The molecule has 0 radical (unpaired) electrons. The number of carbonyl (C=O) groups excluding carboxylic acids is 1. The Morgan fingerprint density at radius 1 is 1.47 bits per heavy atom. The first-order valence-corrected chi connectivity index (χ1v) is 3.80. The zero-order valence-electron chi connectivity index (χ0n) is 7.69. The standard InChI is InChI=1S/C7H2F4N2O4/c8-6-3(2-14)4(13(15)16)1-5(12-6)17-7(9,10)11/h1-2H. The molecule has 92 valence electrons. The lowest BCUT2D eigenvalue weighted by atomic mass is 10.2. The molecule has 0 aliphatic carbocycles. The van der Waals surface area contributed by atoms with Crippen LogP contribution in [0.2, 0.25) is 0 Å². The van der Waals surface area contributed by atoms with Gasteiger partial charge >= 0.3 is 6.36 Å². The van der Waals surface area contributed by atoms with Crippen molar-refractivity contribution in [1.82, 2.24) is 4.98 Å². The molecule has 6 nitrogen and oxygen atoms in total. The molecule has 0 spiro atoms. The first-order chi connectivity index (χ1) is 7.74. The number of halogens is 4. The molecule has 1 rings (SSSR count). The summed E-state index contributed by atoms with van der Waals surface area (Å²) in [7, 11) is 0. The highest BCUT2D eigenvalue weighted by Crippen LogP contribution is 2.27. The van der Waals surface area contributed by atoms with E-state index < -0.39 is 34.4 Å². The van der Waals surface area contributed by atoms with Crippen LogP contribution in [0.25, 0.3) is 0 Å². The third-order valence-corrected chi connectivity index (χ3v) is 1.50. The Hall–Kier alpha value is -2.26.